The average Bonchev–Trinajstić information content (AvgIpc) is 3.30. The lowest BCUT2D eigenvalue weighted by Gasteiger charge is -2.17. The summed E-state index contributed by atoms with van der Waals surface area (Å²) < 4.78 is 51.1. The molecule has 12 heteroatoms. The molecule has 0 unspecified atom stereocenters. The summed E-state index contributed by atoms with van der Waals surface area (Å²) in [7, 11) is -2.18. The van der Waals surface area contributed by atoms with Crippen molar-refractivity contribution in [3.63, 3.8) is 0 Å². The number of ether oxygens (including phenoxy) is 2. The van der Waals surface area contributed by atoms with Crippen molar-refractivity contribution in [3.05, 3.63) is 68.3 Å². The fourth-order valence-electron chi connectivity index (χ4n) is 3.40. The van der Waals surface area contributed by atoms with Crippen molar-refractivity contribution in [2.45, 2.75) is 30.4 Å². The first-order valence-corrected chi connectivity index (χ1v) is 14.3. The van der Waals surface area contributed by atoms with Gasteiger partial charge in [0, 0.05) is 22.7 Å². The molecule has 0 spiro atoms. The third-order valence-corrected chi connectivity index (χ3v) is 8.18. The molecule has 0 aliphatic rings. The molecular weight excluding hydrogens is 550 g/mol. The van der Waals surface area contributed by atoms with Gasteiger partial charge >= 0.3 is 5.97 Å². The molecule has 0 amide bonds. The first-order chi connectivity index (χ1) is 17.1. The molecule has 0 saturated carbocycles. The van der Waals surface area contributed by atoms with Gasteiger partial charge in [0.2, 0.25) is 0 Å². The van der Waals surface area contributed by atoms with Crippen molar-refractivity contribution >= 4 is 50.3 Å². The summed E-state index contributed by atoms with van der Waals surface area (Å²) in [6, 6.07) is 7.02. The van der Waals surface area contributed by atoms with Gasteiger partial charge in [-0.15, -0.1) is 11.3 Å². The van der Waals surface area contributed by atoms with Crippen molar-refractivity contribution in [1.82, 2.24) is 9.88 Å². The molecule has 0 aliphatic heterocycles. The van der Waals surface area contributed by atoms with Crippen LogP contribution >= 0.6 is 34.5 Å². The van der Waals surface area contributed by atoms with Gasteiger partial charge in [-0.2, -0.15) is 0 Å². The van der Waals surface area contributed by atoms with Gasteiger partial charge < -0.3 is 9.47 Å². The van der Waals surface area contributed by atoms with E-state index in [4.69, 9.17) is 32.7 Å². The molecule has 0 bridgehead atoms. The van der Waals surface area contributed by atoms with Gasteiger partial charge in [0.05, 0.1) is 18.2 Å². The third kappa shape index (κ3) is 7.88. The van der Waals surface area contributed by atoms with Gasteiger partial charge in [-0.1, -0.05) is 23.2 Å². The maximum absolute atomic E-state index is 14.9. The summed E-state index contributed by atoms with van der Waals surface area (Å²) in [5.41, 5.74) is 0.754. The van der Waals surface area contributed by atoms with Crippen LogP contribution in [-0.4, -0.2) is 51.0 Å². The van der Waals surface area contributed by atoms with Crippen LogP contribution in [0.2, 0.25) is 10.0 Å². The second kappa shape index (κ2) is 12.8. The predicted octanol–water partition coefficient (Wildman–Crippen LogP) is 5.78. The number of sulfone groups is 1. The van der Waals surface area contributed by atoms with Crippen molar-refractivity contribution < 1.29 is 27.1 Å². The van der Waals surface area contributed by atoms with E-state index in [0.717, 1.165) is 17.7 Å². The van der Waals surface area contributed by atoms with Crippen LogP contribution in [-0.2, 0) is 31.5 Å². The van der Waals surface area contributed by atoms with Crippen LogP contribution in [0, 0.1) is 5.82 Å². The van der Waals surface area contributed by atoms with Gasteiger partial charge in [-0.25, -0.2) is 17.8 Å². The Kier molecular flexibility index (Phi) is 10.1. The molecule has 0 atom stereocenters. The fourth-order valence-corrected chi connectivity index (χ4v) is 6.21. The van der Waals surface area contributed by atoms with E-state index >= 15 is 0 Å². The van der Waals surface area contributed by atoms with Gasteiger partial charge in [0.1, 0.15) is 33.0 Å². The van der Waals surface area contributed by atoms with E-state index in [1.807, 2.05) is 11.9 Å². The number of carbonyl (C=O) groups is 1. The Morgan fingerprint density at radius 1 is 1.19 bits per heavy atom. The predicted molar refractivity (Wildman–Crippen MR) is 138 cm³/mol. The first-order valence-electron chi connectivity index (χ1n) is 11.0. The molecule has 0 fully saturated rings. The molecule has 3 rings (SSSR count). The van der Waals surface area contributed by atoms with Gasteiger partial charge in [0.25, 0.3) is 0 Å². The Morgan fingerprint density at radius 3 is 2.67 bits per heavy atom. The maximum Gasteiger partial charge on any atom is 0.320 e. The Bertz CT molecular complexity index is 1300. The van der Waals surface area contributed by atoms with Crippen molar-refractivity contribution in [1.29, 1.82) is 0 Å². The summed E-state index contributed by atoms with van der Waals surface area (Å²) in [6.07, 6.45) is 2.73. The lowest BCUT2D eigenvalue weighted by atomic mass is 10.1. The van der Waals surface area contributed by atoms with Crippen LogP contribution in [0.1, 0.15) is 23.9 Å². The molecule has 0 aliphatic carbocycles. The quantitative estimate of drug-likeness (QED) is 0.253. The average molecular weight is 576 g/mol. The largest absolute Gasteiger partial charge is 0.465 e. The zero-order valence-electron chi connectivity index (χ0n) is 19.7. The van der Waals surface area contributed by atoms with Gasteiger partial charge in [0.15, 0.2) is 9.84 Å². The number of hydrogen-bond acceptors (Lipinski definition) is 8. The van der Waals surface area contributed by atoms with Crippen LogP contribution in [0.5, 0.6) is 11.5 Å². The number of carbonyl (C=O) groups excluding carboxylic acids is 1. The summed E-state index contributed by atoms with van der Waals surface area (Å²) in [5, 5.41) is 2.44. The van der Waals surface area contributed by atoms with E-state index in [1.165, 1.54) is 17.5 Å². The van der Waals surface area contributed by atoms with E-state index in [0.29, 0.717) is 41.8 Å². The van der Waals surface area contributed by atoms with E-state index in [9.17, 15) is 17.6 Å². The lowest BCUT2D eigenvalue weighted by Crippen LogP contribution is -2.28. The van der Waals surface area contributed by atoms with E-state index in [1.54, 1.807) is 30.5 Å². The maximum atomic E-state index is 14.9. The third-order valence-electron chi connectivity index (χ3n) is 5.05. The summed E-state index contributed by atoms with van der Waals surface area (Å²) in [6.45, 7) is 2.88. The number of aromatic nitrogens is 1. The number of nitrogens with zero attached hydrogens (tertiary/aromatic N) is 2. The van der Waals surface area contributed by atoms with Crippen LogP contribution in [0.25, 0.3) is 0 Å². The molecular formula is C24H25Cl2FN2O5S2. The van der Waals surface area contributed by atoms with Gasteiger partial charge in [-0.3, -0.25) is 9.69 Å². The highest BCUT2D eigenvalue weighted by Crippen LogP contribution is 2.36. The standard InChI is InChI=1S/C24H25Cl2FN2O5S2/c1-3-33-24(30)14-29(2)9-4-5-16-11-17(25)6-7-20(16)34-21-13-19(27)22(12-18(21)26)36(31,32)15-23-28-8-10-35-23/h6-8,10-13H,3-5,9,14-15H2,1-2H3. The fraction of sp³-hybridized carbons (Fsp3) is 0.333. The molecule has 0 radical (unpaired) electrons. The lowest BCUT2D eigenvalue weighted by molar-refractivity contribution is -0.144. The van der Waals surface area contributed by atoms with Crippen LogP contribution in [0.4, 0.5) is 4.39 Å². The highest BCUT2D eigenvalue weighted by atomic mass is 35.5. The van der Waals surface area contributed by atoms with E-state index < -0.39 is 26.3 Å². The van der Waals surface area contributed by atoms with E-state index in [-0.39, 0.29) is 23.3 Å². The van der Waals surface area contributed by atoms with Crippen molar-refractivity contribution in [2.75, 3.05) is 26.7 Å². The molecule has 7 nitrogen and oxygen atoms in total. The monoisotopic (exact) mass is 574 g/mol. The molecule has 0 saturated heterocycles. The molecule has 3 aromatic rings. The molecule has 1 aromatic heterocycles. The Labute approximate surface area is 223 Å². The normalized spacial score (nSPS) is 11.6. The minimum atomic E-state index is -3.99. The molecule has 2 aromatic carbocycles. The minimum absolute atomic E-state index is 0.0228. The summed E-state index contributed by atoms with van der Waals surface area (Å²) in [5.74, 6) is -1.30. The number of benzene rings is 2. The zero-order valence-corrected chi connectivity index (χ0v) is 22.8. The number of likely N-dealkylation sites (N-methyl/N-ethyl adjacent to an activating group) is 1. The Morgan fingerprint density at radius 2 is 1.97 bits per heavy atom. The Hall–Kier alpha value is -2.24. The highest BCUT2D eigenvalue weighted by molar-refractivity contribution is 7.90. The van der Waals surface area contributed by atoms with Crippen LogP contribution < -0.4 is 4.74 Å². The summed E-state index contributed by atoms with van der Waals surface area (Å²) >= 11 is 13.6. The highest BCUT2D eigenvalue weighted by Gasteiger charge is 2.24. The molecule has 36 heavy (non-hydrogen) atoms. The number of aryl methyl sites for hydroxylation is 1. The second-order valence-corrected chi connectivity index (χ2v) is 11.7. The van der Waals surface area contributed by atoms with Crippen LogP contribution in [0.15, 0.2) is 46.8 Å². The molecule has 0 N–H and O–H groups in total. The summed E-state index contributed by atoms with van der Waals surface area (Å²) in [4.78, 5) is 16.9. The number of halogens is 3. The van der Waals surface area contributed by atoms with Crippen LogP contribution in [0.3, 0.4) is 0 Å². The topological polar surface area (TPSA) is 85.8 Å². The first kappa shape index (κ1) is 28.3. The van der Waals surface area contributed by atoms with E-state index in [2.05, 4.69) is 4.98 Å². The molecule has 194 valence electrons. The number of hydrogen-bond donors (Lipinski definition) is 0. The van der Waals surface area contributed by atoms with Gasteiger partial charge in [-0.05, 0) is 63.2 Å². The number of thiazole rings is 1. The zero-order chi connectivity index (χ0) is 26.3. The van der Waals surface area contributed by atoms with Crippen molar-refractivity contribution in [2.24, 2.45) is 0 Å². The smallest absolute Gasteiger partial charge is 0.320 e. The SMILES string of the molecule is CCOC(=O)CN(C)CCCc1cc(Cl)ccc1Oc1cc(F)c(S(=O)(=O)Cc2nccs2)cc1Cl. The minimum Gasteiger partial charge on any atom is -0.465 e. The van der Waals surface area contributed by atoms with Crippen molar-refractivity contribution in [3.8, 4) is 11.5 Å². The Balaban J connectivity index is 1.73. The molecule has 1 heterocycles. The number of rotatable bonds is 12. The number of esters is 1. The second-order valence-electron chi connectivity index (χ2n) is 7.90.